The van der Waals surface area contributed by atoms with Gasteiger partial charge in [0.25, 0.3) is 5.91 Å². The minimum Gasteiger partial charge on any atom is -0.390 e. The van der Waals surface area contributed by atoms with Crippen LogP contribution in [0.4, 0.5) is 5.95 Å². The van der Waals surface area contributed by atoms with Gasteiger partial charge in [0.05, 0.1) is 0 Å². The standard InChI is InChI=1S/C19H16N4O3.2C2H6/c24-18(22-12-20-19(21-22)23(25)26)11-5-10-17-15-8-3-1-6-13(15)14-7-2-4-9-16(14)17;2*1-2/h1-4,6-9,12,17H,5,10-11H2;2*1-2H3. The molecule has 2 aromatic carbocycles. The molecule has 7 nitrogen and oxygen atoms in total. The van der Waals surface area contributed by atoms with Crippen LogP contribution in [0.2, 0.25) is 0 Å². The number of aromatic nitrogens is 3. The van der Waals surface area contributed by atoms with Crippen LogP contribution in [0.15, 0.2) is 54.9 Å². The topological polar surface area (TPSA) is 90.9 Å². The summed E-state index contributed by atoms with van der Waals surface area (Å²) in [6.07, 6.45) is 2.86. The van der Waals surface area contributed by atoms with Gasteiger partial charge in [0.15, 0.2) is 0 Å². The van der Waals surface area contributed by atoms with Gasteiger partial charge in [-0.25, -0.2) is 0 Å². The lowest BCUT2D eigenvalue weighted by Gasteiger charge is -2.12. The van der Waals surface area contributed by atoms with Crippen LogP contribution in [-0.2, 0) is 0 Å². The lowest BCUT2D eigenvalue weighted by Crippen LogP contribution is -2.11. The van der Waals surface area contributed by atoms with Gasteiger partial charge in [-0.2, -0.15) is 0 Å². The number of benzene rings is 2. The Labute approximate surface area is 176 Å². The molecule has 158 valence electrons. The van der Waals surface area contributed by atoms with Crippen molar-refractivity contribution in [2.24, 2.45) is 0 Å². The number of hydrogen-bond acceptors (Lipinski definition) is 5. The van der Waals surface area contributed by atoms with E-state index in [0.29, 0.717) is 6.42 Å². The van der Waals surface area contributed by atoms with Gasteiger partial charge in [0.2, 0.25) is 6.33 Å². The summed E-state index contributed by atoms with van der Waals surface area (Å²) in [6, 6.07) is 16.7. The normalized spacial score (nSPS) is 11.3. The summed E-state index contributed by atoms with van der Waals surface area (Å²) in [4.78, 5) is 25.6. The smallest absolute Gasteiger partial charge is 0.390 e. The number of fused-ring (bicyclic) bond motifs is 3. The Hall–Kier alpha value is -3.35. The van der Waals surface area contributed by atoms with E-state index in [1.807, 2.05) is 52.0 Å². The molecule has 4 rings (SSSR count). The average Bonchev–Trinajstić information content (AvgIpc) is 3.41. The first kappa shape index (κ1) is 22.9. The van der Waals surface area contributed by atoms with Crippen molar-refractivity contribution in [3.63, 3.8) is 0 Å². The summed E-state index contributed by atoms with van der Waals surface area (Å²) in [5.41, 5.74) is 5.09. The zero-order chi connectivity index (χ0) is 22.1. The first-order valence-electron chi connectivity index (χ1n) is 10.4. The molecule has 0 amide bonds. The molecule has 1 heterocycles. The monoisotopic (exact) mass is 408 g/mol. The van der Waals surface area contributed by atoms with Crippen molar-refractivity contribution >= 4 is 11.9 Å². The van der Waals surface area contributed by atoms with E-state index in [9.17, 15) is 14.9 Å². The Balaban J connectivity index is 0.000000757. The van der Waals surface area contributed by atoms with E-state index in [1.54, 1.807) is 0 Å². The Morgan fingerprint density at radius 3 is 2.03 bits per heavy atom. The van der Waals surface area contributed by atoms with E-state index < -0.39 is 10.9 Å². The van der Waals surface area contributed by atoms with Crippen LogP contribution < -0.4 is 0 Å². The molecule has 0 bridgehead atoms. The number of nitrogens with zero attached hydrogens (tertiary/aromatic N) is 4. The van der Waals surface area contributed by atoms with E-state index in [-0.39, 0.29) is 18.2 Å². The van der Waals surface area contributed by atoms with Crippen molar-refractivity contribution in [3.8, 4) is 11.1 Å². The van der Waals surface area contributed by atoms with Gasteiger partial charge in [-0.15, -0.1) is 4.68 Å². The summed E-state index contributed by atoms with van der Waals surface area (Å²) in [6.45, 7) is 8.00. The van der Waals surface area contributed by atoms with Crippen LogP contribution in [-0.4, -0.2) is 25.6 Å². The number of carbonyl (C=O) groups is 1. The maximum atomic E-state index is 12.2. The molecular formula is C23H28N4O3. The van der Waals surface area contributed by atoms with Crippen LogP contribution in [0.1, 0.15) is 68.8 Å². The van der Waals surface area contributed by atoms with Crippen molar-refractivity contribution in [3.05, 3.63) is 76.1 Å². The lowest BCUT2D eigenvalue weighted by atomic mass is 9.91. The zero-order valence-electron chi connectivity index (χ0n) is 17.9. The molecule has 0 radical (unpaired) electrons. The second kappa shape index (κ2) is 11.0. The molecule has 1 aromatic heterocycles. The molecule has 30 heavy (non-hydrogen) atoms. The number of carbonyl (C=O) groups excluding carboxylic acids is 1. The van der Waals surface area contributed by atoms with Crippen LogP contribution in [0, 0.1) is 10.1 Å². The fourth-order valence-corrected chi connectivity index (χ4v) is 3.60. The van der Waals surface area contributed by atoms with Gasteiger partial charge in [-0.05, 0) is 40.0 Å². The molecule has 0 atom stereocenters. The number of rotatable bonds is 5. The molecule has 7 heteroatoms. The largest absolute Gasteiger partial charge is 0.491 e. The molecule has 0 unspecified atom stereocenters. The molecule has 3 aromatic rings. The first-order valence-corrected chi connectivity index (χ1v) is 10.4. The average molecular weight is 409 g/mol. The highest BCUT2D eigenvalue weighted by molar-refractivity contribution is 5.79. The predicted octanol–water partition coefficient (Wildman–Crippen LogP) is 5.86. The third kappa shape index (κ3) is 4.79. The number of nitro groups is 1. The molecule has 0 spiro atoms. The van der Waals surface area contributed by atoms with Crippen LogP contribution in [0.25, 0.3) is 11.1 Å². The zero-order valence-corrected chi connectivity index (χ0v) is 17.9. The van der Waals surface area contributed by atoms with Gasteiger partial charge in [0, 0.05) is 17.4 Å². The number of hydrogen-bond donors (Lipinski definition) is 0. The lowest BCUT2D eigenvalue weighted by molar-refractivity contribution is -0.394. The molecule has 0 aliphatic heterocycles. The van der Waals surface area contributed by atoms with Gasteiger partial charge in [-0.1, -0.05) is 81.2 Å². The fourth-order valence-electron chi connectivity index (χ4n) is 3.60. The Kier molecular flexibility index (Phi) is 8.41. The van der Waals surface area contributed by atoms with Gasteiger partial charge in [-0.3, -0.25) is 4.79 Å². The van der Waals surface area contributed by atoms with Crippen molar-refractivity contribution in [1.82, 2.24) is 14.8 Å². The highest BCUT2D eigenvalue weighted by atomic mass is 16.6. The van der Waals surface area contributed by atoms with Crippen LogP contribution in [0.5, 0.6) is 0 Å². The molecule has 0 saturated heterocycles. The Bertz CT molecular complexity index is 952. The van der Waals surface area contributed by atoms with E-state index in [1.165, 1.54) is 22.3 Å². The van der Waals surface area contributed by atoms with Gasteiger partial charge >= 0.3 is 5.95 Å². The van der Waals surface area contributed by atoms with Gasteiger partial charge < -0.3 is 10.1 Å². The Morgan fingerprint density at radius 2 is 1.53 bits per heavy atom. The highest BCUT2D eigenvalue weighted by Crippen LogP contribution is 2.46. The third-order valence-corrected chi connectivity index (χ3v) is 4.74. The van der Waals surface area contributed by atoms with E-state index in [2.05, 4.69) is 34.3 Å². The predicted molar refractivity (Wildman–Crippen MR) is 118 cm³/mol. The van der Waals surface area contributed by atoms with Crippen LogP contribution >= 0.6 is 0 Å². The van der Waals surface area contributed by atoms with Crippen molar-refractivity contribution < 1.29 is 9.72 Å². The summed E-state index contributed by atoms with van der Waals surface area (Å²) in [7, 11) is 0. The Morgan fingerprint density at radius 1 is 1.00 bits per heavy atom. The van der Waals surface area contributed by atoms with Crippen LogP contribution in [0.3, 0.4) is 0 Å². The minimum absolute atomic E-state index is 0.264. The fraction of sp³-hybridized carbons (Fsp3) is 0.348. The minimum atomic E-state index is -0.712. The maximum absolute atomic E-state index is 12.2. The molecule has 0 fully saturated rings. The van der Waals surface area contributed by atoms with Crippen molar-refractivity contribution in [2.45, 2.75) is 52.9 Å². The molecule has 0 saturated carbocycles. The highest BCUT2D eigenvalue weighted by Gasteiger charge is 2.27. The molecule has 1 aliphatic carbocycles. The molecule has 1 aliphatic rings. The molecular weight excluding hydrogens is 380 g/mol. The third-order valence-electron chi connectivity index (χ3n) is 4.74. The second-order valence-electron chi connectivity index (χ2n) is 6.26. The molecule has 0 N–H and O–H groups in total. The second-order valence-corrected chi connectivity index (χ2v) is 6.26. The maximum Gasteiger partial charge on any atom is 0.491 e. The quantitative estimate of drug-likeness (QED) is 0.389. The summed E-state index contributed by atoms with van der Waals surface area (Å²) < 4.78 is 0.953. The van der Waals surface area contributed by atoms with Crippen molar-refractivity contribution in [2.75, 3.05) is 0 Å². The summed E-state index contributed by atoms with van der Waals surface area (Å²) in [5, 5.41) is 14.2. The van der Waals surface area contributed by atoms with E-state index >= 15 is 0 Å². The summed E-state index contributed by atoms with van der Waals surface area (Å²) in [5.74, 6) is -0.581. The first-order chi connectivity index (χ1) is 14.6. The van der Waals surface area contributed by atoms with Crippen molar-refractivity contribution in [1.29, 1.82) is 0 Å². The van der Waals surface area contributed by atoms with Gasteiger partial charge in [0.1, 0.15) is 0 Å². The summed E-state index contributed by atoms with van der Waals surface area (Å²) >= 11 is 0. The van der Waals surface area contributed by atoms with E-state index in [0.717, 1.165) is 17.4 Å². The SMILES string of the molecule is CC.CC.O=C(CCCC1c2ccccc2-c2ccccc21)n1cnc([N+](=O)[O-])n1. The van der Waals surface area contributed by atoms with E-state index in [4.69, 9.17) is 0 Å².